The van der Waals surface area contributed by atoms with Gasteiger partial charge in [0.15, 0.2) is 0 Å². The number of fused-ring (bicyclic) bond motifs is 1. The van der Waals surface area contributed by atoms with Crippen LogP contribution in [0.1, 0.15) is 60.2 Å². The highest BCUT2D eigenvalue weighted by molar-refractivity contribution is 7.90. The molecule has 5 rings (SSSR count). The Kier molecular flexibility index (Phi) is 5.54. The Labute approximate surface area is 189 Å². The van der Waals surface area contributed by atoms with Crippen molar-refractivity contribution in [3.05, 3.63) is 29.3 Å². The number of hydrogen-bond acceptors (Lipinski definition) is 6. The van der Waals surface area contributed by atoms with E-state index in [2.05, 4.69) is 18.7 Å². The number of likely N-dealkylation sites (tertiary alicyclic amines) is 1. The Balaban J connectivity index is 1.23. The predicted octanol–water partition coefficient (Wildman–Crippen LogP) is 1.95. The summed E-state index contributed by atoms with van der Waals surface area (Å²) >= 11 is 0. The molecule has 3 aliphatic heterocycles. The smallest absolute Gasteiger partial charge is 0.269 e. The maximum atomic E-state index is 13.1. The summed E-state index contributed by atoms with van der Waals surface area (Å²) in [5.74, 6) is -0.0804. The zero-order valence-electron chi connectivity index (χ0n) is 18.7. The van der Waals surface area contributed by atoms with E-state index in [4.69, 9.17) is 4.74 Å². The number of amides is 2. The van der Waals surface area contributed by atoms with Crippen molar-refractivity contribution >= 4 is 21.8 Å². The number of rotatable bonds is 4. The van der Waals surface area contributed by atoms with Crippen LogP contribution in [0, 0.1) is 5.92 Å². The van der Waals surface area contributed by atoms with Gasteiger partial charge < -0.3 is 9.64 Å². The molecule has 4 aliphatic rings. The second kappa shape index (κ2) is 8.11. The van der Waals surface area contributed by atoms with Gasteiger partial charge in [0.2, 0.25) is 0 Å². The number of morpholine rings is 1. The van der Waals surface area contributed by atoms with Crippen molar-refractivity contribution in [2.75, 3.05) is 32.7 Å². The minimum absolute atomic E-state index is 0.0225. The molecule has 1 aromatic carbocycles. The van der Waals surface area contributed by atoms with Crippen LogP contribution in [-0.4, -0.2) is 85.3 Å². The van der Waals surface area contributed by atoms with Gasteiger partial charge in [-0.1, -0.05) is 0 Å². The lowest BCUT2D eigenvalue weighted by Crippen LogP contribution is -2.48. The van der Waals surface area contributed by atoms with Crippen molar-refractivity contribution in [1.82, 2.24) is 14.1 Å². The second-order valence-electron chi connectivity index (χ2n) is 9.76. The minimum atomic E-state index is -3.86. The van der Waals surface area contributed by atoms with Crippen LogP contribution in [0.4, 0.5) is 0 Å². The summed E-state index contributed by atoms with van der Waals surface area (Å²) in [5.41, 5.74) is 0.521. The maximum Gasteiger partial charge on any atom is 0.269 e. The van der Waals surface area contributed by atoms with Gasteiger partial charge in [-0.05, 0) is 63.6 Å². The van der Waals surface area contributed by atoms with Gasteiger partial charge in [-0.2, -0.15) is 0 Å². The van der Waals surface area contributed by atoms with Gasteiger partial charge in [0, 0.05) is 44.3 Å². The Morgan fingerprint density at radius 2 is 1.72 bits per heavy atom. The number of sulfonamides is 1. The molecule has 0 radical (unpaired) electrons. The number of carbonyl (C=O) groups excluding carboxylic acids is 2. The van der Waals surface area contributed by atoms with Crippen molar-refractivity contribution in [2.45, 2.75) is 62.7 Å². The number of hydrogen-bond donors (Lipinski definition) is 0. The summed E-state index contributed by atoms with van der Waals surface area (Å²) in [4.78, 5) is 29.9. The second-order valence-corrected chi connectivity index (χ2v) is 11.5. The lowest BCUT2D eigenvalue weighted by Gasteiger charge is -2.39. The maximum absolute atomic E-state index is 13.1. The lowest BCUT2D eigenvalue weighted by molar-refractivity contribution is -0.0728. The Morgan fingerprint density at radius 1 is 1.06 bits per heavy atom. The minimum Gasteiger partial charge on any atom is -0.373 e. The largest absolute Gasteiger partial charge is 0.373 e. The summed E-state index contributed by atoms with van der Waals surface area (Å²) in [6.45, 7) is 8.46. The molecule has 1 saturated carbocycles. The van der Waals surface area contributed by atoms with E-state index >= 15 is 0 Å². The van der Waals surface area contributed by atoms with E-state index in [1.54, 1.807) is 6.07 Å². The van der Waals surface area contributed by atoms with Crippen LogP contribution < -0.4 is 0 Å². The van der Waals surface area contributed by atoms with Gasteiger partial charge in [0.25, 0.3) is 21.8 Å². The molecule has 0 aromatic heterocycles. The average Bonchev–Trinajstić information content (AvgIpc) is 3.54. The van der Waals surface area contributed by atoms with Gasteiger partial charge in [-0.3, -0.25) is 14.5 Å². The molecular weight excluding hydrogens is 430 g/mol. The fraction of sp³-hybridized carbons (Fsp3) is 0.652. The van der Waals surface area contributed by atoms with Crippen molar-refractivity contribution in [1.29, 1.82) is 0 Å². The number of carbonyl (C=O) groups is 2. The SMILES string of the molecule is CC1CN(CC2CCN(C(=O)c3ccc4c(c3)S(=O)(=O)N(C3CC3)C4=O)CC2)CC(C)O1. The molecule has 1 aromatic rings. The van der Waals surface area contributed by atoms with Crippen LogP contribution in [0.5, 0.6) is 0 Å². The molecule has 1 aliphatic carbocycles. The first kappa shape index (κ1) is 21.9. The third-order valence-corrected chi connectivity index (χ3v) is 8.86. The molecule has 2 amide bonds. The van der Waals surface area contributed by atoms with E-state index in [0.717, 1.165) is 36.8 Å². The van der Waals surface area contributed by atoms with E-state index < -0.39 is 15.9 Å². The zero-order valence-corrected chi connectivity index (χ0v) is 19.5. The lowest BCUT2D eigenvalue weighted by atomic mass is 9.95. The Morgan fingerprint density at radius 3 is 2.34 bits per heavy atom. The molecule has 174 valence electrons. The molecule has 2 saturated heterocycles. The van der Waals surface area contributed by atoms with Crippen LogP contribution >= 0.6 is 0 Å². The van der Waals surface area contributed by atoms with Gasteiger partial charge >= 0.3 is 0 Å². The summed E-state index contributed by atoms with van der Waals surface area (Å²) in [6.07, 6.45) is 3.79. The average molecular weight is 462 g/mol. The molecule has 0 spiro atoms. The summed E-state index contributed by atoms with van der Waals surface area (Å²) in [7, 11) is -3.86. The molecule has 0 N–H and O–H groups in total. The first-order valence-electron chi connectivity index (χ1n) is 11.6. The number of nitrogens with zero attached hydrogens (tertiary/aromatic N) is 3. The number of ether oxygens (including phenoxy) is 1. The van der Waals surface area contributed by atoms with E-state index in [0.29, 0.717) is 37.4 Å². The first-order chi connectivity index (χ1) is 15.2. The molecule has 8 nitrogen and oxygen atoms in total. The third kappa shape index (κ3) is 3.95. The van der Waals surface area contributed by atoms with Crippen LogP contribution in [0.2, 0.25) is 0 Å². The Bertz CT molecular complexity index is 1020. The number of piperidine rings is 1. The normalized spacial score (nSPS) is 28.8. The molecule has 0 bridgehead atoms. The molecular formula is C23H31N3O5S. The van der Waals surface area contributed by atoms with Crippen LogP contribution in [-0.2, 0) is 14.8 Å². The van der Waals surface area contributed by atoms with Gasteiger partial charge in [0.05, 0.1) is 17.8 Å². The summed E-state index contributed by atoms with van der Waals surface area (Å²) in [5, 5.41) is 0. The highest BCUT2D eigenvalue weighted by Crippen LogP contribution is 2.39. The van der Waals surface area contributed by atoms with Crippen molar-refractivity contribution in [3.63, 3.8) is 0 Å². The Hall–Kier alpha value is -1.97. The van der Waals surface area contributed by atoms with Crippen LogP contribution in [0.25, 0.3) is 0 Å². The fourth-order valence-corrected chi connectivity index (χ4v) is 7.19. The molecule has 9 heteroatoms. The summed E-state index contributed by atoms with van der Waals surface area (Å²) in [6, 6.07) is 4.26. The molecule has 3 heterocycles. The van der Waals surface area contributed by atoms with Gasteiger partial charge in [0.1, 0.15) is 4.90 Å². The van der Waals surface area contributed by atoms with Crippen LogP contribution in [0.3, 0.4) is 0 Å². The zero-order chi connectivity index (χ0) is 22.6. The summed E-state index contributed by atoms with van der Waals surface area (Å²) < 4.78 is 32.6. The standard InChI is InChI=1S/C23H31N3O5S/c1-15-12-24(13-16(2)31-15)14-17-7-9-25(10-8-17)22(27)18-3-6-20-21(11-18)32(29,30)26(23(20)28)19-4-5-19/h3,6,11,15-17,19H,4-5,7-10,12-14H2,1-2H3. The van der Waals surface area contributed by atoms with E-state index in [1.807, 2.05) is 4.90 Å². The quantitative estimate of drug-likeness (QED) is 0.681. The van der Waals surface area contributed by atoms with E-state index in [1.165, 1.54) is 12.1 Å². The van der Waals surface area contributed by atoms with Gasteiger partial charge in [-0.25, -0.2) is 12.7 Å². The molecule has 3 fully saturated rings. The van der Waals surface area contributed by atoms with Gasteiger partial charge in [-0.15, -0.1) is 0 Å². The molecule has 2 unspecified atom stereocenters. The molecule has 2 atom stereocenters. The predicted molar refractivity (Wildman–Crippen MR) is 118 cm³/mol. The third-order valence-electron chi connectivity index (χ3n) is 6.99. The highest BCUT2D eigenvalue weighted by atomic mass is 32.2. The fourth-order valence-electron chi connectivity index (χ4n) is 5.35. The van der Waals surface area contributed by atoms with Crippen LogP contribution in [0.15, 0.2) is 23.1 Å². The van der Waals surface area contributed by atoms with E-state index in [-0.39, 0.29) is 34.6 Å². The highest BCUT2D eigenvalue weighted by Gasteiger charge is 2.49. The number of benzene rings is 1. The van der Waals surface area contributed by atoms with Crippen molar-refractivity contribution < 1.29 is 22.7 Å². The van der Waals surface area contributed by atoms with Crippen molar-refractivity contribution in [3.8, 4) is 0 Å². The topological polar surface area (TPSA) is 87.2 Å². The molecule has 32 heavy (non-hydrogen) atoms. The first-order valence-corrected chi connectivity index (χ1v) is 13.1. The monoisotopic (exact) mass is 461 g/mol. The van der Waals surface area contributed by atoms with E-state index in [9.17, 15) is 18.0 Å². The van der Waals surface area contributed by atoms with Crippen molar-refractivity contribution in [2.24, 2.45) is 5.92 Å².